The molecule has 0 bridgehead atoms. The van der Waals surface area contributed by atoms with E-state index in [0.29, 0.717) is 13.1 Å². The number of nitrogens with one attached hydrogen (secondary N) is 1. The predicted molar refractivity (Wildman–Crippen MR) is 69.6 cm³/mol. The first-order valence-electron chi connectivity index (χ1n) is 5.79. The minimum absolute atomic E-state index is 0.00569. The molecule has 0 radical (unpaired) electrons. The molecule has 0 aliphatic rings. The van der Waals surface area contributed by atoms with Crippen LogP contribution in [0.25, 0.3) is 0 Å². The molecule has 0 fully saturated rings. The Morgan fingerprint density at radius 2 is 2.16 bits per heavy atom. The van der Waals surface area contributed by atoms with E-state index in [0.717, 1.165) is 5.56 Å². The number of rotatable bonds is 8. The predicted octanol–water partition coefficient (Wildman–Crippen LogP) is 2.07. The van der Waals surface area contributed by atoms with E-state index in [2.05, 4.69) is 16.6 Å². The normalized spacial score (nSPS) is 12.3. The van der Waals surface area contributed by atoms with Crippen LogP contribution in [0.5, 0.6) is 11.5 Å². The Labute approximate surface area is 111 Å². The van der Waals surface area contributed by atoms with Gasteiger partial charge in [-0.05, 0) is 17.7 Å². The molecule has 0 aliphatic heterocycles. The Hall–Kier alpha value is -1.66. The van der Waals surface area contributed by atoms with Crippen molar-refractivity contribution in [2.24, 2.45) is 5.73 Å². The third-order valence-corrected chi connectivity index (χ3v) is 2.55. The first kappa shape index (κ1) is 15.4. The minimum Gasteiger partial charge on any atom is -0.493 e. The molecule has 0 spiro atoms. The van der Waals surface area contributed by atoms with Crippen LogP contribution in [0.4, 0.5) is 8.78 Å². The molecule has 0 amide bonds. The Balaban J connectivity index is 2.97. The van der Waals surface area contributed by atoms with Crippen molar-refractivity contribution in [2.75, 3.05) is 20.2 Å². The number of hydrogen-bond donors (Lipinski definition) is 2. The average Bonchev–Trinajstić information content (AvgIpc) is 2.39. The van der Waals surface area contributed by atoms with Crippen molar-refractivity contribution >= 4 is 0 Å². The smallest absolute Gasteiger partial charge is 0.387 e. The van der Waals surface area contributed by atoms with Gasteiger partial charge < -0.3 is 20.5 Å². The molecule has 0 aromatic heterocycles. The highest BCUT2D eigenvalue weighted by Crippen LogP contribution is 2.31. The summed E-state index contributed by atoms with van der Waals surface area (Å²) in [4.78, 5) is 0. The second kappa shape index (κ2) is 7.70. The molecule has 1 aromatic rings. The number of nitrogens with two attached hydrogens (primary N) is 1. The van der Waals surface area contributed by atoms with Crippen LogP contribution >= 0.6 is 0 Å². The number of ether oxygens (including phenoxy) is 2. The molecule has 4 nitrogen and oxygen atoms in total. The quantitative estimate of drug-likeness (QED) is 0.711. The standard InChI is InChI=1S/C13H18F2N2O2/c1-3-6-17-10(8-16)9-4-5-11(18-2)12(7-9)19-13(14)15/h3-5,7,10,13,17H,1,6,8,16H2,2H3. The topological polar surface area (TPSA) is 56.5 Å². The average molecular weight is 272 g/mol. The summed E-state index contributed by atoms with van der Waals surface area (Å²) in [5.74, 6) is 0.248. The lowest BCUT2D eigenvalue weighted by Crippen LogP contribution is -2.28. The van der Waals surface area contributed by atoms with Crippen LogP contribution < -0.4 is 20.5 Å². The van der Waals surface area contributed by atoms with Crippen molar-refractivity contribution < 1.29 is 18.3 Å². The minimum atomic E-state index is -2.90. The molecule has 0 saturated carbocycles. The third kappa shape index (κ3) is 4.50. The molecule has 0 heterocycles. The van der Waals surface area contributed by atoms with E-state index in [1.165, 1.54) is 13.2 Å². The van der Waals surface area contributed by atoms with Crippen LogP contribution in [-0.2, 0) is 0 Å². The van der Waals surface area contributed by atoms with Crippen molar-refractivity contribution in [3.63, 3.8) is 0 Å². The van der Waals surface area contributed by atoms with Gasteiger partial charge in [0.05, 0.1) is 7.11 Å². The zero-order valence-corrected chi connectivity index (χ0v) is 10.7. The van der Waals surface area contributed by atoms with Gasteiger partial charge in [-0.15, -0.1) is 6.58 Å². The van der Waals surface area contributed by atoms with Crippen molar-refractivity contribution in [3.8, 4) is 11.5 Å². The largest absolute Gasteiger partial charge is 0.493 e. The van der Waals surface area contributed by atoms with Crippen LogP contribution in [0.3, 0.4) is 0 Å². The SMILES string of the molecule is C=CCNC(CN)c1ccc(OC)c(OC(F)F)c1. The van der Waals surface area contributed by atoms with E-state index in [4.69, 9.17) is 10.5 Å². The second-order valence-electron chi connectivity index (χ2n) is 3.77. The van der Waals surface area contributed by atoms with Gasteiger partial charge in [0, 0.05) is 19.1 Å². The van der Waals surface area contributed by atoms with E-state index in [1.54, 1.807) is 18.2 Å². The maximum Gasteiger partial charge on any atom is 0.387 e. The summed E-state index contributed by atoms with van der Waals surface area (Å²) in [6.45, 7) is 1.59. The Morgan fingerprint density at radius 3 is 2.68 bits per heavy atom. The fourth-order valence-electron chi connectivity index (χ4n) is 1.66. The lowest BCUT2D eigenvalue weighted by Gasteiger charge is -2.18. The fourth-order valence-corrected chi connectivity index (χ4v) is 1.66. The van der Waals surface area contributed by atoms with Crippen molar-refractivity contribution in [2.45, 2.75) is 12.7 Å². The zero-order valence-electron chi connectivity index (χ0n) is 10.7. The number of methoxy groups -OCH3 is 1. The summed E-state index contributed by atoms with van der Waals surface area (Å²) in [5.41, 5.74) is 6.40. The monoisotopic (exact) mass is 272 g/mol. The van der Waals surface area contributed by atoms with Crippen LogP contribution in [0, 0.1) is 0 Å². The number of alkyl halides is 2. The fraction of sp³-hybridized carbons (Fsp3) is 0.385. The number of benzene rings is 1. The Bertz CT molecular complexity index is 414. The van der Waals surface area contributed by atoms with Gasteiger partial charge in [-0.2, -0.15) is 8.78 Å². The molecule has 106 valence electrons. The van der Waals surface area contributed by atoms with Crippen molar-refractivity contribution in [1.82, 2.24) is 5.32 Å². The Kier molecular flexibility index (Phi) is 6.24. The molecule has 6 heteroatoms. The zero-order chi connectivity index (χ0) is 14.3. The number of halogens is 2. The van der Waals surface area contributed by atoms with E-state index < -0.39 is 6.61 Å². The van der Waals surface area contributed by atoms with Crippen LogP contribution in [0.2, 0.25) is 0 Å². The third-order valence-electron chi connectivity index (χ3n) is 2.55. The first-order chi connectivity index (χ1) is 9.12. The van der Waals surface area contributed by atoms with Gasteiger partial charge in [-0.1, -0.05) is 12.1 Å². The molecule has 3 N–H and O–H groups in total. The van der Waals surface area contributed by atoms with Gasteiger partial charge >= 0.3 is 6.61 Å². The van der Waals surface area contributed by atoms with Gasteiger partial charge in [0.1, 0.15) is 0 Å². The first-order valence-corrected chi connectivity index (χ1v) is 5.79. The van der Waals surface area contributed by atoms with Gasteiger partial charge in [-0.3, -0.25) is 0 Å². The highest BCUT2D eigenvalue weighted by molar-refractivity contribution is 5.44. The lowest BCUT2D eigenvalue weighted by atomic mass is 10.1. The number of hydrogen-bond acceptors (Lipinski definition) is 4. The maximum atomic E-state index is 12.3. The summed E-state index contributed by atoms with van der Waals surface area (Å²) < 4.78 is 34.0. The van der Waals surface area contributed by atoms with Gasteiger partial charge in [0.15, 0.2) is 11.5 Å². The molecule has 1 unspecified atom stereocenters. The summed E-state index contributed by atoms with van der Waals surface area (Å²) in [6, 6.07) is 4.67. The van der Waals surface area contributed by atoms with Crippen molar-refractivity contribution in [3.05, 3.63) is 36.4 Å². The lowest BCUT2D eigenvalue weighted by molar-refractivity contribution is -0.0512. The van der Waals surface area contributed by atoms with E-state index in [1.807, 2.05) is 0 Å². The molecule has 1 rings (SSSR count). The summed E-state index contributed by atoms with van der Waals surface area (Å²) >= 11 is 0. The Morgan fingerprint density at radius 1 is 1.42 bits per heavy atom. The molecule has 0 aliphatic carbocycles. The van der Waals surface area contributed by atoms with E-state index >= 15 is 0 Å². The van der Waals surface area contributed by atoms with E-state index in [9.17, 15) is 8.78 Å². The molecule has 1 atom stereocenters. The molecular weight excluding hydrogens is 254 g/mol. The summed E-state index contributed by atoms with van der Waals surface area (Å²) in [5, 5.41) is 3.13. The molecular formula is C13H18F2N2O2. The van der Waals surface area contributed by atoms with Crippen LogP contribution in [0.1, 0.15) is 11.6 Å². The highest BCUT2D eigenvalue weighted by Gasteiger charge is 2.15. The molecule has 19 heavy (non-hydrogen) atoms. The van der Waals surface area contributed by atoms with Gasteiger partial charge in [0.25, 0.3) is 0 Å². The summed E-state index contributed by atoms with van der Waals surface area (Å²) in [7, 11) is 1.39. The van der Waals surface area contributed by atoms with E-state index in [-0.39, 0.29) is 17.5 Å². The van der Waals surface area contributed by atoms with Gasteiger partial charge in [-0.25, -0.2) is 0 Å². The maximum absolute atomic E-state index is 12.3. The molecule has 0 saturated heterocycles. The van der Waals surface area contributed by atoms with Crippen molar-refractivity contribution in [1.29, 1.82) is 0 Å². The van der Waals surface area contributed by atoms with Crippen LogP contribution in [0.15, 0.2) is 30.9 Å². The molecule has 1 aromatic carbocycles. The highest BCUT2D eigenvalue weighted by atomic mass is 19.3. The second-order valence-corrected chi connectivity index (χ2v) is 3.77. The van der Waals surface area contributed by atoms with Gasteiger partial charge in [0.2, 0.25) is 0 Å². The summed E-state index contributed by atoms with van der Waals surface area (Å²) in [6.07, 6.45) is 1.70. The van der Waals surface area contributed by atoms with Crippen LogP contribution in [-0.4, -0.2) is 26.8 Å².